The number of alkyl carbamates (subject to hydrolysis) is 1. The highest BCUT2D eigenvalue weighted by atomic mass is 16.5. The zero-order valence-electron chi connectivity index (χ0n) is 10.5. The molecule has 0 aliphatic heterocycles. The minimum absolute atomic E-state index is 0.107. The lowest BCUT2D eigenvalue weighted by Crippen LogP contribution is -2.29. The zero-order valence-corrected chi connectivity index (χ0v) is 10.5. The Morgan fingerprint density at radius 2 is 2.06 bits per heavy atom. The van der Waals surface area contributed by atoms with E-state index in [-0.39, 0.29) is 18.4 Å². The van der Waals surface area contributed by atoms with Crippen LogP contribution in [0.5, 0.6) is 0 Å². The van der Waals surface area contributed by atoms with E-state index in [1.807, 2.05) is 13.8 Å². The van der Waals surface area contributed by atoms with Gasteiger partial charge in [0.05, 0.1) is 0 Å². The molecule has 0 aliphatic carbocycles. The summed E-state index contributed by atoms with van der Waals surface area (Å²) in [5.74, 6) is -0.795. The fourth-order valence-electron chi connectivity index (χ4n) is 1.26. The molecule has 0 aromatic rings. The second kappa shape index (κ2) is 7.70. The number of carbonyl (C=O) groups is 2. The first-order valence-corrected chi connectivity index (χ1v) is 5.61. The quantitative estimate of drug-likeness (QED) is 0.641. The molecule has 0 heterocycles. The van der Waals surface area contributed by atoms with Crippen LogP contribution in [0.1, 0.15) is 33.1 Å². The second-order valence-corrected chi connectivity index (χ2v) is 4.62. The second-order valence-electron chi connectivity index (χ2n) is 4.62. The van der Waals surface area contributed by atoms with Crippen molar-refractivity contribution in [3.8, 4) is 0 Å². The van der Waals surface area contributed by atoms with Gasteiger partial charge in [-0.1, -0.05) is 26.5 Å². The largest absolute Gasteiger partial charge is 0.481 e. The number of carboxylic acids is 1. The van der Waals surface area contributed by atoms with Crippen molar-refractivity contribution in [2.24, 2.45) is 5.41 Å². The van der Waals surface area contributed by atoms with Crippen molar-refractivity contribution >= 4 is 12.1 Å². The zero-order chi connectivity index (χ0) is 13.3. The Kier molecular flexibility index (Phi) is 7.02. The van der Waals surface area contributed by atoms with Gasteiger partial charge in [-0.3, -0.25) is 4.79 Å². The first-order valence-electron chi connectivity index (χ1n) is 5.61. The fraction of sp³-hybridized carbons (Fsp3) is 0.667. The van der Waals surface area contributed by atoms with E-state index in [1.165, 1.54) is 6.08 Å². The van der Waals surface area contributed by atoms with E-state index in [1.54, 1.807) is 0 Å². The van der Waals surface area contributed by atoms with Crippen LogP contribution in [0.4, 0.5) is 4.79 Å². The molecule has 98 valence electrons. The van der Waals surface area contributed by atoms with Gasteiger partial charge < -0.3 is 15.2 Å². The van der Waals surface area contributed by atoms with Crippen molar-refractivity contribution in [3.63, 3.8) is 0 Å². The van der Waals surface area contributed by atoms with Crippen LogP contribution in [0, 0.1) is 5.41 Å². The lowest BCUT2D eigenvalue weighted by Gasteiger charge is -2.23. The summed E-state index contributed by atoms with van der Waals surface area (Å²) in [7, 11) is 0. The molecule has 0 rings (SSSR count). The maximum atomic E-state index is 11.1. The summed E-state index contributed by atoms with van der Waals surface area (Å²) in [5, 5.41) is 11.2. The van der Waals surface area contributed by atoms with Gasteiger partial charge in [-0.25, -0.2) is 4.79 Å². The van der Waals surface area contributed by atoms with Crippen molar-refractivity contribution in [3.05, 3.63) is 12.7 Å². The van der Waals surface area contributed by atoms with Crippen LogP contribution in [0.3, 0.4) is 0 Å². The molecular weight excluding hydrogens is 222 g/mol. The monoisotopic (exact) mass is 243 g/mol. The third-order valence-electron chi connectivity index (χ3n) is 2.42. The van der Waals surface area contributed by atoms with Crippen LogP contribution in [-0.2, 0) is 9.53 Å². The summed E-state index contributed by atoms with van der Waals surface area (Å²) in [6.45, 7) is 8.05. The number of carboxylic acid groups (broad SMARTS) is 1. The van der Waals surface area contributed by atoms with Crippen molar-refractivity contribution in [1.82, 2.24) is 5.32 Å². The molecular formula is C12H21NO4. The predicted molar refractivity (Wildman–Crippen MR) is 64.8 cm³/mol. The average molecular weight is 243 g/mol. The molecule has 0 aromatic carbocycles. The third-order valence-corrected chi connectivity index (χ3v) is 2.42. The molecule has 0 unspecified atom stereocenters. The van der Waals surface area contributed by atoms with E-state index in [2.05, 4.69) is 11.9 Å². The molecule has 17 heavy (non-hydrogen) atoms. The number of amides is 1. The number of ether oxygens (including phenoxy) is 1. The number of rotatable bonds is 8. The fourth-order valence-corrected chi connectivity index (χ4v) is 1.26. The Bertz CT molecular complexity index is 274. The molecule has 0 bridgehead atoms. The van der Waals surface area contributed by atoms with Crippen molar-refractivity contribution in [2.45, 2.75) is 33.1 Å². The van der Waals surface area contributed by atoms with Gasteiger partial charge in [-0.2, -0.15) is 0 Å². The van der Waals surface area contributed by atoms with Crippen LogP contribution in [0.15, 0.2) is 12.7 Å². The van der Waals surface area contributed by atoms with Gasteiger partial charge in [0, 0.05) is 13.0 Å². The van der Waals surface area contributed by atoms with Gasteiger partial charge in [0.2, 0.25) is 0 Å². The van der Waals surface area contributed by atoms with E-state index in [4.69, 9.17) is 9.84 Å². The molecule has 0 radical (unpaired) electrons. The molecule has 5 heteroatoms. The maximum absolute atomic E-state index is 11.1. The standard InChI is InChI=1S/C12H21NO4/c1-4-9-17-11(16)13-8-7-12(2,3)6-5-10(14)15/h4H,1,5-9H2,2-3H3,(H,13,16)(H,14,15). The molecule has 2 N–H and O–H groups in total. The van der Waals surface area contributed by atoms with Crippen molar-refractivity contribution in [2.75, 3.05) is 13.2 Å². The van der Waals surface area contributed by atoms with E-state index >= 15 is 0 Å². The summed E-state index contributed by atoms with van der Waals surface area (Å²) in [4.78, 5) is 21.5. The van der Waals surface area contributed by atoms with Gasteiger partial charge in [0.25, 0.3) is 0 Å². The van der Waals surface area contributed by atoms with Gasteiger partial charge in [0.1, 0.15) is 6.61 Å². The molecule has 0 aliphatic rings. The molecule has 0 saturated heterocycles. The number of aliphatic carboxylic acids is 1. The minimum atomic E-state index is -0.795. The highest BCUT2D eigenvalue weighted by Crippen LogP contribution is 2.25. The van der Waals surface area contributed by atoms with Gasteiger partial charge in [-0.05, 0) is 18.3 Å². The van der Waals surface area contributed by atoms with Crippen LogP contribution in [0.25, 0.3) is 0 Å². The Balaban J connectivity index is 3.74. The van der Waals surface area contributed by atoms with Gasteiger partial charge >= 0.3 is 12.1 Å². The minimum Gasteiger partial charge on any atom is -0.481 e. The van der Waals surface area contributed by atoms with Gasteiger partial charge in [-0.15, -0.1) is 0 Å². The maximum Gasteiger partial charge on any atom is 0.407 e. The lowest BCUT2D eigenvalue weighted by atomic mass is 9.84. The molecule has 0 saturated carbocycles. The lowest BCUT2D eigenvalue weighted by molar-refractivity contribution is -0.137. The summed E-state index contributed by atoms with van der Waals surface area (Å²) in [6.07, 6.45) is 2.47. The van der Waals surface area contributed by atoms with Crippen LogP contribution >= 0.6 is 0 Å². The Labute approximate surface area is 102 Å². The third kappa shape index (κ3) is 9.41. The Morgan fingerprint density at radius 1 is 1.41 bits per heavy atom. The average Bonchev–Trinajstić information content (AvgIpc) is 2.23. The molecule has 0 atom stereocenters. The van der Waals surface area contributed by atoms with Gasteiger partial charge in [0.15, 0.2) is 0 Å². The first-order chi connectivity index (χ1) is 7.87. The van der Waals surface area contributed by atoms with Crippen LogP contribution < -0.4 is 5.32 Å². The summed E-state index contributed by atoms with van der Waals surface area (Å²) in [6, 6.07) is 0. The van der Waals surface area contributed by atoms with Crippen LogP contribution in [-0.4, -0.2) is 30.3 Å². The Morgan fingerprint density at radius 3 is 2.59 bits per heavy atom. The normalized spacial score (nSPS) is 10.7. The number of hydrogen-bond acceptors (Lipinski definition) is 3. The van der Waals surface area contributed by atoms with E-state index in [0.717, 1.165) is 0 Å². The smallest absolute Gasteiger partial charge is 0.407 e. The molecule has 0 spiro atoms. The van der Waals surface area contributed by atoms with E-state index in [9.17, 15) is 9.59 Å². The van der Waals surface area contributed by atoms with Crippen molar-refractivity contribution < 1.29 is 19.4 Å². The van der Waals surface area contributed by atoms with Crippen molar-refractivity contribution in [1.29, 1.82) is 0 Å². The SMILES string of the molecule is C=CCOC(=O)NCCC(C)(C)CCC(=O)O. The number of nitrogens with one attached hydrogen (secondary N) is 1. The molecule has 5 nitrogen and oxygen atoms in total. The summed E-state index contributed by atoms with van der Waals surface area (Å²) >= 11 is 0. The summed E-state index contributed by atoms with van der Waals surface area (Å²) in [5.41, 5.74) is -0.107. The number of carbonyl (C=O) groups excluding carboxylic acids is 1. The van der Waals surface area contributed by atoms with Crippen LogP contribution in [0.2, 0.25) is 0 Å². The van der Waals surface area contributed by atoms with E-state index in [0.29, 0.717) is 19.4 Å². The molecule has 0 fully saturated rings. The Hall–Kier alpha value is -1.52. The summed E-state index contributed by atoms with van der Waals surface area (Å²) < 4.78 is 4.74. The van der Waals surface area contributed by atoms with E-state index < -0.39 is 12.1 Å². The first kappa shape index (κ1) is 15.5. The highest BCUT2D eigenvalue weighted by molar-refractivity contribution is 5.67. The topological polar surface area (TPSA) is 75.6 Å². The molecule has 1 amide bonds. The molecule has 0 aromatic heterocycles. The highest BCUT2D eigenvalue weighted by Gasteiger charge is 2.19. The number of hydrogen-bond donors (Lipinski definition) is 2. The predicted octanol–water partition coefficient (Wildman–Crippen LogP) is 2.18.